The summed E-state index contributed by atoms with van der Waals surface area (Å²) in [5.74, 6) is 0.211. The molecule has 0 radical (unpaired) electrons. The van der Waals surface area contributed by atoms with Crippen molar-refractivity contribution in [2.24, 2.45) is 0 Å². The van der Waals surface area contributed by atoms with Gasteiger partial charge in [-0.05, 0) is 17.5 Å². The topological polar surface area (TPSA) is 38.5 Å². The molecule has 0 fully saturated rings. The lowest BCUT2D eigenvalue weighted by Gasteiger charge is -2.31. The van der Waals surface area contributed by atoms with Gasteiger partial charge >= 0.3 is 0 Å². The number of nitrogens with zero attached hydrogens (tertiary/aromatic N) is 1. The molecule has 1 heterocycles. The van der Waals surface area contributed by atoms with Crippen LogP contribution < -0.4 is 15.4 Å². The monoisotopic (exact) mass is 272 g/mol. The molecule has 104 valence electrons. The summed E-state index contributed by atoms with van der Waals surface area (Å²) in [4.78, 5) is 2.03. The maximum absolute atomic E-state index is 14.2. The number of hydrogen-bond acceptors (Lipinski definition) is 3. The zero-order valence-electron chi connectivity index (χ0n) is 11.4. The molecule has 4 heteroatoms. The molecule has 2 N–H and O–H groups in total. The van der Waals surface area contributed by atoms with Gasteiger partial charge < -0.3 is 15.4 Å². The van der Waals surface area contributed by atoms with E-state index in [1.54, 1.807) is 13.2 Å². The van der Waals surface area contributed by atoms with Gasteiger partial charge in [0.15, 0.2) is 0 Å². The molecule has 1 aliphatic heterocycles. The molecular formula is C16H17FN2O. The van der Waals surface area contributed by atoms with Crippen molar-refractivity contribution in [1.29, 1.82) is 0 Å². The third-order valence-corrected chi connectivity index (χ3v) is 3.77. The molecule has 20 heavy (non-hydrogen) atoms. The number of nitrogens with two attached hydrogens (primary N) is 1. The van der Waals surface area contributed by atoms with Crippen LogP contribution in [0.1, 0.15) is 11.1 Å². The summed E-state index contributed by atoms with van der Waals surface area (Å²) in [7, 11) is 1.54. The lowest BCUT2D eigenvalue weighted by atomic mass is 9.99. The summed E-state index contributed by atoms with van der Waals surface area (Å²) in [5.41, 5.74) is 9.18. The summed E-state index contributed by atoms with van der Waals surface area (Å²) < 4.78 is 19.3. The van der Waals surface area contributed by atoms with Gasteiger partial charge in [0.05, 0.1) is 18.5 Å². The van der Waals surface area contributed by atoms with E-state index in [-0.39, 0.29) is 5.82 Å². The molecule has 0 aromatic heterocycles. The fourth-order valence-electron chi connectivity index (χ4n) is 2.68. The molecule has 0 saturated heterocycles. The Kier molecular flexibility index (Phi) is 3.22. The highest BCUT2D eigenvalue weighted by Crippen LogP contribution is 2.33. The maximum Gasteiger partial charge on any atom is 0.148 e. The molecule has 0 spiro atoms. The molecule has 0 aliphatic carbocycles. The summed E-state index contributed by atoms with van der Waals surface area (Å²) >= 11 is 0. The number of anilines is 2. The van der Waals surface area contributed by atoms with Gasteiger partial charge in [-0.15, -0.1) is 0 Å². The molecule has 2 aromatic carbocycles. The Morgan fingerprint density at radius 1 is 1.20 bits per heavy atom. The van der Waals surface area contributed by atoms with Crippen molar-refractivity contribution in [3.8, 4) is 5.75 Å². The first-order valence-corrected chi connectivity index (χ1v) is 6.64. The zero-order valence-corrected chi connectivity index (χ0v) is 11.4. The number of rotatable bonds is 2. The van der Waals surface area contributed by atoms with Crippen molar-refractivity contribution in [3.63, 3.8) is 0 Å². The van der Waals surface area contributed by atoms with Crippen molar-refractivity contribution in [1.82, 2.24) is 0 Å². The number of ether oxygens (including phenoxy) is 1. The van der Waals surface area contributed by atoms with Gasteiger partial charge in [-0.25, -0.2) is 4.39 Å². The number of methoxy groups -OCH3 is 1. The van der Waals surface area contributed by atoms with Gasteiger partial charge in [0.25, 0.3) is 0 Å². The summed E-state index contributed by atoms with van der Waals surface area (Å²) in [6.07, 6.45) is 0.919. The van der Waals surface area contributed by atoms with Crippen LogP contribution in [0.15, 0.2) is 36.4 Å². The SMILES string of the molecule is COc1cc(N2CCc3ccccc3C2)c(F)cc1N. The second-order valence-corrected chi connectivity index (χ2v) is 4.99. The molecule has 0 atom stereocenters. The average Bonchev–Trinajstić information content (AvgIpc) is 2.47. The lowest BCUT2D eigenvalue weighted by molar-refractivity contribution is 0.416. The Balaban J connectivity index is 1.95. The normalized spacial score (nSPS) is 14.0. The van der Waals surface area contributed by atoms with E-state index in [2.05, 4.69) is 12.1 Å². The second kappa shape index (κ2) is 5.04. The van der Waals surface area contributed by atoms with E-state index < -0.39 is 0 Å². The van der Waals surface area contributed by atoms with E-state index in [0.717, 1.165) is 13.0 Å². The summed E-state index contributed by atoms with van der Waals surface area (Å²) in [6.45, 7) is 1.50. The Morgan fingerprint density at radius 2 is 1.95 bits per heavy atom. The maximum atomic E-state index is 14.2. The smallest absolute Gasteiger partial charge is 0.148 e. The average molecular weight is 272 g/mol. The molecular weight excluding hydrogens is 255 g/mol. The predicted octanol–water partition coefficient (Wildman–Crippen LogP) is 2.98. The molecule has 2 aromatic rings. The lowest BCUT2D eigenvalue weighted by Crippen LogP contribution is -2.31. The van der Waals surface area contributed by atoms with E-state index in [4.69, 9.17) is 10.5 Å². The van der Waals surface area contributed by atoms with Crippen LogP contribution in [0.5, 0.6) is 5.75 Å². The van der Waals surface area contributed by atoms with Crippen LogP contribution >= 0.6 is 0 Å². The molecule has 0 saturated carbocycles. The first-order chi connectivity index (χ1) is 9.69. The number of nitrogen functional groups attached to an aromatic ring is 1. The van der Waals surface area contributed by atoms with Crippen molar-refractivity contribution in [2.75, 3.05) is 24.3 Å². The van der Waals surface area contributed by atoms with Crippen LogP contribution in [0.25, 0.3) is 0 Å². The molecule has 0 unspecified atom stereocenters. The first-order valence-electron chi connectivity index (χ1n) is 6.64. The van der Waals surface area contributed by atoms with Crippen molar-refractivity contribution in [3.05, 3.63) is 53.3 Å². The highest BCUT2D eigenvalue weighted by Gasteiger charge is 2.20. The van der Waals surface area contributed by atoms with Crippen LogP contribution in [0.4, 0.5) is 15.8 Å². The Hall–Kier alpha value is -2.23. The minimum Gasteiger partial charge on any atom is -0.495 e. The largest absolute Gasteiger partial charge is 0.495 e. The third kappa shape index (κ3) is 2.18. The van der Waals surface area contributed by atoms with Gasteiger partial charge in [-0.3, -0.25) is 0 Å². The van der Waals surface area contributed by atoms with Gasteiger partial charge in [-0.1, -0.05) is 24.3 Å². The zero-order chi connectivity index (χ0) is 14.1. The van der Waals surface area contributed by atoms with Crippen molar-refractivity contribution < 1.29 is 9.13 Å². The van der Waals surface area contributed by atoms with Crippen LogP contribution in [-0.2, 0) is 13.0 Å². The van der Waals surface area contributed by atoms with Crippen molar-refractivity contribution in [2.45, 2.75) is 13.0 Å². The fraction of sp³-hybridized carbons (Fsp3) is 0.250. The number of benzene rings is 2. The van der Waals surface area contributed by atoms with E-state index >= 15 is 0 Å². The van der Waals surface area contributed by atoms with E-state index in [0.29, 0.717) is 23.7 Å². The molecule has 3 rings (SSSR count). The van der Waals surface area contributed by atoms with E-state index in [1.807, 2.05) is 17.0 Å². The summed E-state index contributed by atoms with van der Waals surface area (Å²) in [5, 5.41) is 0. The first kappa shape index (κ1) is 12.8. The number of hydrogen-bond donors (Lipinski definition) is 1. The standard InChI is InChI=1S/C16H17FN2O/c1-20-16-9-15(13(17)8-14(16)18)19-7-6-11-4-2-3-5-12(11)10-19/h2-5,8-9H,6-7,10,18H2,1H3. The quantitative estimate of drug-likeness (QED) is 0.854. The van der Waals surface area contributed by atoms with Crippen LogP contribution in [0.3, 0.4) is 0 Å². The Labute approximate surface area is 117 Å². The van der Waals surface area contributed by atoms with Gasteiger partial charge in [0.2, 0.25) is 0 Å². The molecule has 1 aliphatic rings. The Bertz CT molecular complexity index is 642. The van der Waals surface area contributed by atoms with E-state index in [9.17, 15) is 4.39 Å². The van der Waals surface area contributed by atoms with Gasteiger partial charge in [0.1, 0.15) is 11.6 Å². The number of fused-ring (bicyclic) bond motifs is 1. The van der Waals surface area contributed by atoms with Crippen LogP contribution in [0, 0.1) is 5.82 Å². The second-order valence-electron chi connectivity index (χ2n) is 4.99. The van der Waals surface area contributed by atoms with Crippen LogP contribution in [-0.4, -0.2) is 13.7 Å². The third-order valence-electron chi connectivity index (χ3n) is 3.77. The number of halogens is 1. The minimum absolute atomic E-state index is 0.303. The molecule has 3 nitrogen and oxygen atoms in total. The predicted molar refractivity (Wildman–Crippen MR) is 78.6 cm³/mol. The minimum atomic E-state index is -0.303. The fourth-order valence-corrected chi connectivity index (χ4v) is 2.68. The Morgan fingerprint density at radius 3 is 2.70 bits per heavy atom. The van der Waals surface area contributed by atoms with Crippen LogP contribution in [0.2, 0.25) is 0 Å². The summed E-state index contributed by atoms with van der Waals surface area (Å²) in [6, 6.07) is 11.3. The van der Waals surface area contributed by atoms with Crippen molar-refractivity contribution >= 4 is 11.4 Å². The van der Waals surface area contributed by atoms with Gasteiger partial charge in [-0.2, -0.15) is 0 Å². The van der Waals surface area contributed by atoms with Gasteiger partial charge in [0, 0.05) is 25.2 Å². The highest BCUT2D eigenvalue weighted by molar-refractivity contribution is 5.64. The van der Waals surface area contributed by atoms with E-state index in [1.165, 1.54) is 17.2 Å². The highest BCUT2D eigenvalue weighted by atomic mass is 19.1. The molecule has 0 bridgehead atoms. The molecule has 0 amide bonds.